The van der Waals surface area contributed by atoms with E-state index in [1.54, 1.807) is 30.3 Å². The summed E-state index contributed by atoms with van der Waals surface area (Å²) in [4.78, 5) is 26.0. The number of nitrogens with one attached hydrogen (secondary N) is 1. The van der Waals surface area contributed by atoms with Gasteiger partial charge in [0.05, 0.1) is 12.6 Å². The molecule has 0 aromatic heterocycles. The molecule has 1 aliphatic heterocycles. The van der Waals surface area contributed by atoms with E-state index in [1.165, 1.54) is 19.1 Å². The van der Waals surface area contributed by atoms with Crippen LogP contribution in [0.15, 0.2) is 48.5 Å². The van der Waals surface area contributed by atoms with E-state index in [1.807, 2.05) is 11.0 Å². The molecule has 1 saturated heterocycles. The van der Waals surface area contributed by atoms with Crippen molar-refractivity contribution in [3.63, 3.8) is 0 Å². The van der Waals surface area contributed by atoms with Crippen LogP contribution in [0.5, 0.6) is 5.75 Å². The molecule has 0 spiro atoms. The van der Waals surface area contributed by atoms with E-state index in [4.69, 9.17) is 4.74 Å². The van der Waals surface area contributed by atoms with Gasteiger partial charge in [0.25, 0.3) is 0 Å². The summed E-state index contributed by atoms with van der Waals surface area (Å²) in [7, 11) is 0. The molecule has 0 radical (unpaired) electrons. The molecule has 29 heavy (non-hydrogen) atoms. The lowest BCUT2D eigenvalue weighted by molar-refractivity contribution is -0.134. The first-order chi connectivity index (χ1) is 13.5. The zero-order valence-electron chi connectivity index (χ0n) is 16.4. The Balaban J connectivity index is 0.00000300. The number of amides is 1. The van der Waals surface area contributed by atoms with Crippen molar-refractivity contribution >= 4 is 24.1 Å². The molecule has 156 valence electrons. The monoisotopic (exact) mass is 420 g/mol. The van der Waals surface area contributed by atoms with Gasteiger partial charge in [0.1, 0.15) is 11.6 Å². The number of hydrogen-bond acceptors (Lipinski definition) is 4. The summed E-state index contributed by atoms with van der Waals surface area (Å²) in [6.45, 7) is 3.85. The van der Waals surface area contributed by atoms with Gasteiger partial charge in [0, 0.05) is 31.6 Å². The van der Waals surface area contributed by atoms with Gasteiger partial charge in [-0.25, -0.2) is 4.39 Å². The van der Waals surface area contributed by atoms with E-state index >= 15 is 0 Å². The minimum absolute atomic E-state index is 0. The van der Waals surface area contributed by atoms with Crippen molar-refractivity contribution in [2.45, 2.75) is 25.8 Å². The van der Waals surface area contributed by atoms with E-state index < -0.39 is 0 Å². The lowest BCUT2D eigenvalue weighted by Gasteiger charge is -2.36. The number of benzene rings is 2. The number of carbonyl (C=O) groups is 2. The number of nitrogens with zero attached hydrogens (tertiary/aromatic N) is 1. The highest BCUT2D eigenvalue weighted by Crippen LogP contribution is 2.24. The molecule has 7 heteroatoms. The molecule has 1 aliphatic rings. The summed E-state index contributed by atoms with van der Waals surface area (Å²) in [5, 5.41) is 3.27. The predicted molar refractivity (Wildman–Crippen MR) is 112 cm³/mol. The van der Waals surface area contributed by atoms with E-state index in [0.29, 0.717) is 43.9 Å². The number of ketones is 1. The molecule has 2 aromatic carbocycles. The third-order valence-electron chi connectivity index (χ3n) is 4.84. The predicted octanol–water partition coefficient (Wildman–Crippen LogP) is 3.78. The topological polar surface area (TPSA) is 58.6 Å². The van der Waals surface area contributed by atoms with Crippen molar-refractivity contribution in [3.05, 3.63) is 65.5 Å². The van der Waals surface area contributed by atoms with E-state index in [-0.39, 0.29) is 36.0 Å². The quantitative estimate of drug-likeness (QED) is 0.547. The Morgan fingerprint density at radius 2 is 2.00 bits per heavy atom. The van der Waals surface area contributed by atoms with Crippen LogP contribution in [0.4, 0.5) is 4.39 Å². The molecule has 1 unspecified atom stereocenters. The normalized spacial score (nSPS) is 16.1. The fraction of sp³-hybridized carbons (Fsp3) is 0.364. The second kappa shape index (κ2) is 10.9. The Labute approximate surface area is 176 Å². The van der Waals surface area contributed by atoms with Crippen molar-refractivity contribution in [2.75, 3.05) is 26.2 Å². The largest absolute Gasteiger partial charge is 0.494 e. The average Bonchev–Trinajstić information content (AvgIpc) is 2.71. The summed E-state index contributed by atoms with van der Waals surface area (Å²) in [6, 6.07) is 13.3. The highest BCUT2D eigenvalue weighted by atomic mass is 35.5. The first kappa shape index (κ1) is 22.8. The molecule has 1 heterocycles. The Hall–Kier alpha value is -2.44. The molecule has 1 N–H and O–H groups in total. The Bertz CT molecular complexity index is 846. The average molecular weight is 421 g/mol. The fourth-order valence-electron chi connectivity index (χ4n) is 3.38. The smallest absolute Gasteiger partial charge is 0.223 e. The number of rotatable bonds is 7. The fourth-order valence-corrected chi connectivity index (χ4v) is 3.38. The van der Waals surface area contributed by atoms with Crippen LogP contribution in [0.3, 0.4) is 0 Å². The number of halogens is 2. The highest BCUT2D eigenvalue weighted by molar-refractivity contribution is 5.94. The Morgan fingerprint density at radius 1 is 1.21 bits per heavy atom. The molecule has 3 rings (SSSR count). The molecular formula is C22H26ClFN2O3. The van der Waals surface area contributed by atoms with Crippen molar-refractivity contribution in [1.82, 2.24) is 10.2 Å². The van der Waals surface area contributed by atoms with Crippen molar-refractivity contribution in [3.8, 4) is 5.75 Å². The van der Waals surface area contributed by atoms with Gasteiger partial charge in [-0.15, -0.1) is 12.4 Å². The van der Waals surface area contributed by atoms with Gasteiger partial charge in [0.2, 0.25) is 5.91 Å². The SMILES string of the molecule is CC(=O)c1cccc(OCCCC(=O)N2CCNCC2c2cccc(F)c2)c1.Cl. The first-order valence-electron chi connectivity index (χ1n) is 9.54. The van der Waals surface area contributed by atoms with Crippen LogP contribution in [-0.4, -0.2) is 42.8 Å². The lowest BCUT2D eigenvalue weighted by Crippen LogP contribution is -2.48. The van der Waals surface area contributed by atoms with Gasteiger partial charge in [-0.3, -0.25) is 9.59 Å². The molecule has 1 atom stereocenters. The lowest BCUT2D eigenvalue weighted by atomic mass is 10.0. The van der Waals surface area contributed by atoms with Crippen LogP contribution in [0.2, 0.25) is 0 Å². The van der Waals surface area contributed by atoms with E-state index in [0.717, 1.165) is 12.1 Å². The zero-order chi connectivity index (χ0) is 19.9. The molecule has 1 amide bonds. The minimum atomic E-state index is -0.295. The molecule has 0 bridgehead atoms. The van der Waals surface area contributed by atoms with Crippen molar-refractivity contribution in [2.24, 2.45) is 0 Å². The number of carbonyl (C=O) groups excluding carboxylic acids is 2. The number of hydrogen-bond donors (Lipinski definition) is 1. The maximum Gasteiger partial charge on any atom is 0.223 e. The molecule has 2 aromatic rings. The van der Waals surface area contributed by atoms with Crippen LogP contribution in [0.1, 0.15) is 41.7 Å². The van der Waals surface area contributed by atoms with Gasteiger partial charge in [0.15, 0.2) is 5.78 Å². The first-order valence-corrected chi connectivity index (χ1v) is 9.54. The number of Topliss-reactive ketones (excluding diaryl/α,β-unsaturated/α-hetero) is 1. The summed E-state index contributed by atoms with van der Waals surface area (Å²) in [5.41, 5.74) is 1.41. The van der Waals surface area contributed by atoms with Gasteiger partial charge in [-0.05, 0) is 43.2 Å². The second-order valence-corrected chi connectivity index (χ2v) is 6.90. The van der Waals surface area contributed by atoms with Gasteiger partial charge in [-0.2, -0.15) is 0 Å². The third kappa shape index (κ3) is 6.27. The summed E-state index contributed by atoms with van der Waals surface area (Å²) >= 11 is 0. The van der Waals surface area contributed by atoms with Crippen LogP contribution < -0.4 is 10.1 Å². The molecule has 0 saturated carbocycles. The molecule has 5 nitrogen and oxygen atoms in total. The van der Waals surface area contributed by atoms with Gasteiger partial charge in [-0.1, -0.05) is 24.3 Å². The second-order valence-electron chi connectivity index (χ2n) is 6.90. The molecule has 0 aliphatic carbocycles. The Kier molecular flexibility index (Phi) is 8.61. The zero-order valence-corrected chi connectivity index (χ0v) is 17.2. The van der Waals surface area contributed by atoms with Crippen LogP contribution in [0.25, 0.3) is 0 Å². The Morgan fingerprint density at radius 3 is 2.76 bits per heavy atom. The maximum atomic E-state index is 13.6. The maximum absolute atomic E-state index is 13.6. The van der Waals surface area contributed by atoms with E-state index in [2.05, 4.69) is 5.32 Å². The van der Waals surface area contributed by atoms with Crippen molar-refractivity contribution < 1.29 is 18.7 Å². The highest BCUT2D eigenvalue weighted by Gasteiger charge is 2.27. The molecular weight excluding hydrogens is 395 g/mol. The summed E-state index contributed by atoms with van der Waals surface area (Å²) < 4.78 is 19.3. The van der Waals surface area contributed by atoms with Crippen LogP contribution in [0, 0.1) is 5.82 Å². The van der Waals surface area contributed by atoms with E-state index in [9.17, 15) is 14.0 Å². The minimum Gasteiger partial charge on any atom is -0.494 e. The molecule has 1 fully saturated rings. The third-order valence-corrected chi connectivity index (χ3v) is 4.84. The van der Waals surface area contributed by atoms with Crippen LogP contribution >= 0.6 is 12.4 Å². The summed E-state index contributed by atoms with van der Waals surface area (Å²) in [5.74, 6) is 0.358. The summed E-state index contributed by atoms with van der Waals surface area (Å²) in [6.07, 6.45) is 0.932. The van der Waals surface area contributed by atoms with Gasteiger partial charge >= 0.3 is 0 Å². The number of ether oxygens (including phenoxy) is 1. The van der Waals surface area contributed by atoms with Crippen LogP contribution in [-0.2, 0) is 4.79 Å². The number of piperazine rings is 1. The van der Waals surface area contributed by atoms with Gasteiger partial charge < -0.3 is 15.0 Å². The standard InChI is InChI=1S/C22H25FN2O3.ClH/c1-16(26)17-5-3-8-20(14-17)28-12-4-9-22(27)25-11-10-24-15-21(25)18-6-2-7-19(23)13-18;/h2-3,5-8,13-14,21,24H,4,9-12,15H2,1H3;1H. The van der Waals surface area contributed by atoms with Crippen molar-refractivity contribution in [1.29, 1.82) is 0 Å².